The van der Waals surface area contributed by atoms with Gasteiger partial charge in [-0.3, -0.25) is 4.79 Å². The first-order valence-electron chi connectivity index (χ1n) is 6.82. The van der Waals surface area contributed by atoms with Gasteiger partial charge in [0.2, 0.25) is 5.24 Å². The van der Waals surface area contributed by atoms with Crippen LogP contribution in [0.2, 0.25) is 0 Å². The smallest absolute Gasteiger partial charge is 0.221 e. The van der Waals surface area contributed by atoms with Crippen LogP contribution in [0.1, 0.15) is 18.4 Å². The van der Waals surface area contributed by atoms with Crippen molar-refractivity contribution in [2.24, 2.45) is 0 Å². The summed E-state index contributed by atoms with van der Waals surface area (Å²) in [6.45, 7) is 0.922. The van der Waals surface area contributed by atoms with Gasteiger partial charge in [-0.2, -0.15) is 0 Å². The van der Waals surface area contributed by atoms with Gasteiger partial charge in [0.25, 0.3) is 0 Å². The largest absolute Gasteiger partial charge is 0.490 e. The minimum absolute atomic E-state index is 0.314. The van der Waals surface area contributed by atoms with Crippen LogP contribution in [0.15, 0.2) is 54.6 Å². The van der Waals surface area contributed by atoms with E-state index in [1.807, 2.05) is 54.6 Å². The molecule has 0 N–H and O–H groups in total. The Morgan fingerprint density at radius 3 is 2.19 bits per heavy atom. The molecule has 0 fully saturated rings. The van der Waals surface area contributed by atoms with Crippen LogP contribution >= 0.6 is 11.6 Å². The Labute approximate surface area is 129 Å². The van der Waals surface area contributed by atoms with Crippen LogP contribution in [0.5, 0.6) is 11.5 Å². The molecule has 0 aliphatic rings. The average Bonchev–Trinajstić information content (AvgIpc) is 2.51. The molecule has 0 atom stereocenters. The lowest BCUT2D eigenvalue weighted by Gasteiger charge is -2.12. The summed E-state index contributed by atoms with van der Waals surface area (Å²) >= 11 is 5.29. The Balaban J connectivity index is 1.89. The molecule has 0 unspecified atom stereocenters. The van der Waals surface area contributed by atoms with Crippen LogP contribution in [0, 0.1) is 0 Å². The molecular formula is C17H17ClO3. The second-order valence-corrected chi connectivity index (χ2v) is 4.95. The first kappa shape index (κ1) is 15.4. The maximum absolute atomic E-state index is 10.7. The minimum atomic E-state index is -0.341. The first-order chi connectivity index (χ1) is 10.3. The quantitative estimate of drug-likeness (QED) is 0.542. The Hall–Kier alpha value is -2.00. The second kappa shape index (κ2) is 8.32. The van der Waals surface area contributed by atoms with Gasteiger partial charge < -0.3 is 9.47 Å². The molecule has 0 aliphatic heterocycles. The summed E-state index contributed by atoms with van der Waals surface area (Å²) in [5.41, 5.74) is 1.10. The summed E-state index contributed by atoms with van der Waals surface area (Å²) in [4.78, 5) is 10.7. The van der Waals surface area contributed by atoms with Gasteiger partial charge in [-0.15, -0.1) is 0 Å². The van der Waals surface area contributed by atoms with Crippen LogP contribution in [0.3, 0.4) is 0 Å². The topological polar surface area (TPSA) is 35.5 Å². The van der Waals surface area contributed by atoms with Crippen molar-refractivity contribution in [2.45, 2.75) is 19.4 Å². The number of rotatable bonds is 8. The monoisotopic (exact) mass is 304 g/mol. The maximum Gasteiger partial charge on any atom is 0.221 e. The van der Waals surface area contributed by atoms with Crippen molar-refractivity contribution in [3.8, 4) is 11.5 Å². The summed E-state index contributed by atoms with van der Waals surface area (Å²) < 4.78 is 11.4. The van der Waals surface area contributed by atoms with E-state index < -0.39 is 0 Å². The van der Waals surface area contributed by atoms with Crippen molar-refractivity contribution in [1.29, 1.82) is 0 Å². The molecule has 0 spiro atoms. The van der Waals surface area contributed by atoms with E-state index in [1.165, 1.54) is 0 Å². The summed E-state index contributed by atoms with van der Waals surface area (Å²) in [5.74, 6) is 1.37. The predicted octanol–water partition coefficient (Wildman–Crippen LogP) is 4.19. The third-order valence-corrected chi connectivity index (χ3v) is 3.05. The van der Waals surface area contributed by atoms with Gasteiger partial charge >= 0.3 is 0 Å². The van der Waals surface area contributed by atoms with E-state index in [-0.39, 0.29) is 5.24 Å². The highest BCUT2D eigenvalue weighted by molar-refractivity contribution is 6.63. The zero-order valence-corrected chi connectivity index (χ0v) is 12.4. The molecule has 0 bridgehead atoms. The fraction of sp³-hybridized carbons (Fsp3) is 0.235. The number of hydrogen-bond acceptors (Lipinski definition) is 3. The lowest BCUT2D eigenvalue weighted by atomic mass is 10.2. The van der Waals surface area contributed by atoms with Gasteiger partial charge in [0.1, 0.15) is 6.61 Å². The number of benzene rings is 2. The van der Waals surface area contributed by atoms with Gasteiger partial charge in [-0.25, -0.2) is 0 Å². The van der Waals surface area contributed by atoms with Crippen LogP contribution < -0.4 is 9.47 Å². The lowest BCUT2D eigenvalue weighted by molar-refractivity contribution is -0.111. The predicted molar refractivity (Wildman–Crippen MR) is 82.8 cm³/mol. The molecule has 110 valence electrons. The number of carbonyl (C=O) groups excluding carboxylic acids is 1. The zero-order valence-electron chi connectivity index (χ0n) is 11.6. The molecular weight excluding hydrogens is 288 g/mol. The minimum Gasteiger partial charge on any atom is -0.490 e. The Morgan fingerprint density at radius 2 is 1.52 bits per heavy atom. The first-order valence-corrected chi connectivity index (χ1v) is 7.20. The second-order valence-electron chi connectivity index (χ2n) is 4.53. The standard InChI is InChI=1S/C17H17ClO3/c18-17(19)11-6-12-20-15-9-4-5-10-16(15)21-13-14-7-2-1-3-8-14/h1-5,7-10H,6,11-13H2. The van der Waals surface area contributed by atoms with Crippen molar-refractivity contribution >= 4 is 16.8 Å². The molecule has 0 radical (unpaired) electrons. The average molecular weight is 305 g/mol. The fourth-order valence-corrected chi connectivity index (χ4v) is 1.95. The van der Waals surface area contributed by atoms with Gasteiger partial charge in [0.15, 0.2) is 11.5 Å². The summed E-state index contributed by atoms with van der Waals surface area (Å²) in [6.07, 6.45) is 0.907. The van der Waals surface area contributed by atoms with Crippen LogP contribution in [-0.2, 0) is 11.4 Å². The molecule has 0 saturated heterocycles. The number of hydrogen-bond donors (Lipinski definition) is 0. The van der Waals surface area contributed by atoms with Crippen molar-refractivity contribution in [1.82, 2.24) is 0 Å². The molecule has 21 heavy (non-hydrogen) atoms. The van der Waals surface area contributed by atoms with Crippen LogP contribution in [-0.4, -0.2) is 11.8 Å². The van der Waals surface area contributed by atoms with Crippen molar-refractivity contribution < 1.29 is 14.3 Å². The van der Waals surface area contributed by atoms with Gasteiger partial charge in [-0.05, 0) is 35.7 Å². The van der Waals surface area contributed by atoms with Crippen molar-refractivity contribution in [3.63, 3.8) is 0 Å². The maximum atomic E-state index is 10.7. The van der Waals surface area contributed by atoms with Crippen LogP contribution in [0.25, 0.3) is 0 Å². The molecule has 2 rings (SSSR count). The van der Waals surface area contributed by atoms with E-state index in [0.717, 1.165) is 5.56 Å². The van der Waals surface area contributed by atoms with Gasteiger partial charge in [0, 0.05) is 6.42 Å². The highest BCUT2D eigenvalue weighted by Crippen LogP contribution is 2.27. The Morgan fingerprint density at radius 1 is 0.905 bits per heavy atom. The molecule has 0 aliphatic carbocycles. The SMILES string of the molecule is O=C(Cl)CCCOc1ccccc1OCc1ccccc1. The number of ether oxygens (including phenoxy) is 2. The molecule has 0 amide bonds. The fourth-order valence-electron chi connectivity index (χ4n) is 1.82. The summed E-state index contributed by atoms with van der Waals surface area (Å²) in [5, 5.41) is -0.341. The third kappa shape index (κ3) is 5.48. The molecule has 2 aromatic rings. The van der Waals surface area contributed by atoms with Gasteiger partial charge in [0.05, 0.1) is 6.61 Å². The normalized spacial score (nSPS) is 10.1. The highest BCUT2D eigenvalue weighted by Gasteiger charge is 2.05. The Bertz CT molecular complexity index is 569. The van der Waals surface area contributed by atoms with Gasteiger partial charge in [-0.1, -0.05) is 42.5 Å². The summed E-state index contributed by atoms with van der Waals surface area (Å²) in [6, 6.07) is 17.4. The van der Waals surface area contributed by atoms with Crippen molar-refractivity contribution in [2.75, 3.05) is 6.61 Å². The molecule has 0 heterocycles. The number of carbonyl (C=O) groups is 1. The van der Waals surface area contributed by atoms with E-state index in [1.54, 1.807) is 0 Å². The molecule has 3 nitrogen and oxygen atoms in total. The molecule has 4 heteroatoms. The van der Waals surface area contributed by atoms with Crippen molar-refractivity contribution in [3.05, 3.63) is 60.2 Å². The molecule has 2 aromatic carbocycles. The number of halogens is 1. The molecule has 0 aromatic heterocycles. The summed E-state index contributed by atoms with van der Waals surface area (Å²) in [7, 11) is 0. The van der Waals surface area contributed by atoms with E-state index >= 15 is 0 Å². The van der Waals surface area contributed by atoms with E-state index in [4.69, 9.17) is 21.1 Å². The zero-order chi connectivity index (χ0) is 14.9. The van der Waals surface area contributed by atoms with Crippen LogP contribution in [0.4, 0.5) is 0 Å². The molecule has 0 saturated carbocycles. The van der Waals surface area contributed by atoms with E-state index in [2.05, 4.69) is 0 Å². The number of para-hydroxylation sites is 2. The van der Waals surface area contributed by atoms with E-state index in [9.17, 15) is 4.79 Å². The third-order valence-electron chi connectivity index (χ3n) is 2.86. The lowest BCUT2D eigenvalue weighted by Crippen LogP contribution is -2.02. The Kier molecular flexibility index (Phi) is 6.10. The highest BCUT2D eigenvalue weighted by atomic mass is 35.5. The van der Waals surface area contributed by atoms with E-state index in [0.29, 0.717) is 37.6 Å².